The second-order valence-corrected chi connectivity index (χ2v) is 9.25. The first kappa shape index (κ1) is 22.8. The summed E-state index contributed by atoms with van der Waals surface area (Å²) in [5, 5.41) is 5.67. The molecule has 2 fully saturated rings. The first-order valence-electron chi connectivity index (χ1n) is 12.7. The van der Waals surface area contributed by atoms with Crippen LogP contribution in [-0.2, 0) is 9.53 Å². The van der Waals surface area contributed by atoms with Crippen LogP contribution < -0.4 is 4.90 Å². The van der Waals surface area contributed by atoms with E-state index in [0.29, 0.717) is 6.42 Å². The van der Waals surface area contributed by atoms with Crippen molar-refractivity contribution < 1.29 is 9.53 Å². The number of unbranched alkanes of at least 4 members (excludes halogenated alkanes) is 1. The predicted molar refractivity (Wildman–Crippen MR) is 132 cm³/mol. The number of aromatic nitrogens is 4. The fourth-order valence-corrected chi connectivity index (χ4v) is 4.91. The summed E-state index contributed by atoms with van der Waals surface area (Å²) in [6.07, 6.45) is 7.34. The lowest BCUT2D eigenvalue weighted by Crippen LogP contribution is -2.35. The molecule has 0 bridgehead atoms. The van der Waals surface area contributed by atoms with Gasteiger partial charge in [0.1, 0.15) is 11.6 Å². The van der Waals surface area contributed by atoms with E-state index in [1.165, 1.54) is 0 Å². The van der Waals surface area contributed by atoms with E-state index in [-0.39, 0.29) is 11.8 Å². The van der Waals surface area contributed by atoms with Gasteiger partial charge in [0.15, 0.2) is 5.65 Å². The molecule has 34 heavy (non-hydrogen) atoms. The molecule has 0 unspecified atom stereocenters. The number of rotatable bonds is 6. The van der Waals surface area contributed by atoms with Crippen molar-refractivity contribution in [2.75, 3.05) is 44.3 Å². The van der Waals surface area contributed by atoms with E-state index in [2.05, 4.69) is 11.8 Å². The smallest absolute Gasteiger partial charge is 0.222 e. The summed E-state index contributed by atoms with van der Waals surface area (Å²) >= 11 is 0. The second kappa shape index (κ2) is 10.5. The number of hydrogen-bond donors (Lipinski definition) is 0. The molecule has 0 N–H and O–H groups in total. The zero-order valence-electron chi connectivity index (χ0n) is 20.0. The molecule has 5 rings (SSSR count). The Morgan fingerprint density at radius 1 is 1.06 bits per heavy atom. The number of hydrogen-bond acceptors (Lipinski definition) is 6. The van der Waals surface area contributed by atoms with Gasteiger partial charge >= 0.3 is 0 Å². The quantitative estimate of drug-likeness (QED) is 0.552. The average molecular weight is 463 g/mol. The highest BCUT2D eigenvalue weighted by molar-refractivity contribution is 5.88. The molecule has 8 heteroatoms. The van der Waals surface area contributed by atoms with Crippen LogP contribution in [0, 0.1) is 0 Å². The summed E-state index contributed by atoms with van der Waals surface area (Å²) in [4.78, 5) is 27.2. The first-order valence-corrected chi connectivity index (χ1v) is 12.7. The Morgan fingerprint density at radius 2 is 1.88 bits per heavy atom. The average Bonchev–Trinajstić information content (AvgIpc) is 3.17. The molecule has 0 radical (unpaired) electrons. The van der Waals surface area contributed by atoms with Crippen molar-refractivity contribution in [3.63, 3.8) is 0 Å². The van der Waals surface area contributed by atoms with Crippen molar-refractivity contribution in [2.24, 2.45) is 0 Å². The SMILES string of the molecule is CCCCC(=O)N1CCCN(c2nc(C3CCOCC3)nc3c2cnn3-c2ccccc2)CC1. The minimum atomic E-state index is 0.274. The summed E-state index contributed by atoms with van der Waals surface area (Å²) < 4.78 is 7.51. The molecule has 0 saturated carbocycles. The number of benzene rings is 1. The third kappa shape index (κ3) is 4.78. The van der Waals surface area contributed by atoms with Crippen LogP contribution >= 0.6 is 0 Å². The van der Waals surface area contributed by atoms with Gasteiger partial charge in [-0.05, 0) is 37.8 Å². The third-order valence-corrected chi connectivity index (χ3v) is 6.91. The van der Waals surface area contributed by atoms with E-state index in [4.69, 9.17) is 19.8 Å². The highest BCUT2D eigenvalue weighted by Gasteiger charge is 2.26. The van der Waals surface area contributed by atoms with Crippen molar-refractivity contribution in [3.05, 3.63) is 42.4 Å². The van der Waals surface area contributed by atoms with E-state index < -0.39 is 0 Å². The van der Waals surface area contributed by atoms with Gasteiger partial charge in [-0.3, -0.25) is 4.79 Å². The molecule has 2 aliphatic heterocycles. The van der Waals surface area contributed by atoms with Crippen LogP contribution in [0.1, 0.15) is 57.2 Å². The Hall–Kier alpha value is -3.00. The number of ether oxygens (including phenoxy) is 1. The Bertz CT molecular complexity index is 1110. The van der Waals surface area contributed by atoms with Crippen molar-refractivity contribution >= 4 is 22.8 Å². The van der Waals surface area contributed by atoms with Gasteiger partial charge in [0.2, 0.25) is 5.91 Å². The highest BCUT2D eigenvalue weighted by atomic mass is 16.5. The second-order valence-electron chi connectivity index (χ2n) is 9.25. The van der Waals surface area contributed by atoms with Crippen molar-refractivity contribution in [1.29, 1.82) is 0 Å². The molecule has 1 aromatic carbocycles. The van der Waals surface area contributed by atoms with Gasteiger partial charge in [-0.25, -0.2) is 14.6 Å². The zero-order chi connectivity index (χ0) is 23.3. The van der Waals surface area contributed by atoms with Gasteiger partial charge in [0.05, 0.1) is 17.3 Å². The number of fused-ring (bicyclic) bond motifs is 1. The summed E-state index contributed by atoms with van der Waals surface area (Å²) in [6, 6.07) is 10.1. The van der Waals surface area contributed by atoms with Gasteiger partial charge in [0.25, 0.3) is 0 Å². The minimum Gasteiger partial charge on any atom is -0.381 e. The lowest BCUT2D eigenvalue weighted by Gasteiger charge is -2.26. The topological polar surface area (TPSA) is 76.4 Å². The van der Waals surface area contributed by atoms with Crippen LogP contribution in [0.15, 0.2) is 36.5 Å². The molecule has 0 aliphatic carbocycles. The van der Waals surface area contributed by atoms with Crippen LogP contribution in [0.25, 0.3) is 16.7 Å². The maximum Gasteiger partial charge on any atom is 0.222 e. The standard InChI is InChI=1S/C26H34N6O2/c1-2-3-10-23(33)30-13-7-14-31(16-15-30)25-22-19-27-32(21-8-5-4-6-9-21)26(22)29-24(28-25)20-11-17-34-18-12-20/h4-6,8-9,19-20H,2-3,7,10-18H2,1H3. The maximum atomic E-state index is 12.6. The molecule has 0 atom stereocenters. The normalized spacial score (nSPS) is 17.8. The summed E-state index contributed by atoms with van der Waals surface area (Å²) in [6.45, 7) is 6.80. The Kier molecular flexibility index (Phi) is 7.04. The van der Waals surface area contributed by atoms with Crippen LogP contribution in [-0.4, -0.2) is 69.9 Å². The van der Waals surface area contributed by atoms with Crippen LogP contribution in [0.5, 0.6) is 0 Å². The number of carbonyl (C=O) groups excluding carboxylic acids is 1. The van der Waals surface area contributed by atoms with E-state index in [1.807, 2.05) is 46.1 Å². The minimum absolute atomic E-state index is 0.274. The van der Waals surface area contributed by atoms with Gasteiger partial charge < -0.3 is 14.5 Å². The zero-order valence-corrected chi connectivity index (χ0v) is 20.0. The molecule has 2 saturated heterocycles. The fourth-order valence-electron chi connectivity index (χ4n) is 4.91. The first-order chi connectivity index (χ1) is 16.7. The lowest BCUT2D eigenvalue weighted by molar-refractivity contribution is -0.131. The number of para-hydroxylation sites is 1. The molecule has 180 valence electrons. The molecular formula is C26H34N6O2. The fraction of sp³-hybridized carbons (Fsp3) is 0.538. The molecule has 1 amide bonds. The lowest BCUT2D eigenvalue weighted by atomic mass is 9.99. The van der Waals surface area contributed by atoms with Crippen LogP contribution in [0.3, 0.4) is 0 Å². The number of amides is 1. The number of carbonyl (C=O) groups is 1. The van der Waals surface area contributed by atoms with Crippen molar-refractivity contribution in [2.45, 2.75) is 51.4 Å². The van der Waals surface area contributed by atoms with Crippen LogP contribution in [0.4, 0.5) is 5.82 Å². The van der Waals surface area contributed by atoms with E-state index in [1.54, 1.807) is 0 Å². The summed E-state index contributed by atoms with van der Waals surface area (Å²) in [5.41, 5.74) is 1.83. The van der Waals surface area contributed by atoms with Gasteiger partial charge in [-0.15, -0.1) is 0 Å². The third-order valence-electron chi connectivity index (χ3n) is 6.91. The monoisotopic (exact) mass is 462 g/mol. The number of nitrogens with zero attached hydrogens (tertiary/aromatic N) is 6. The number of anilines is 1. The largest absolute Gasteiger partial charge is 0.381 e. The van der Waals surface area contributed by atoms with Gasteiger partial charge in [-0.1, -0.05) is 31.5 Å². The van der Waals surface area contributed by atoms with Gasteiger partial charge in [-0.2, -0.15) is 5.10 Å². The molecule has 3 aromatic rings. The highest BCUT2D eigenvalue weighted by Crippen LogP contribution is 2.31. The van der Waals surface area contributed by atoms with Crippen molar-refractivity contribution in [1.82, 2.24) is 24.6 Å². The summed E-state index contributed by atoms with van der Waals surface area (Å²) in [7, 11) is 0. The van der Waals surface area contributed by atoms with E-state index in [0.717, 1.165) is 99.9 Å². The van der Waals surface area contributed by atoms with E-state index >= 15 is 0 Å². The Morgan fingerprint density at radius 3 is 2.68 bits per heavy atom. The molecule has 2 aromatic heterocycles. The van der Waals surface area contributed by atoms with E-state index in [9.17, 15) is 4.79 Å². The molecule has 2 aliphatic rings. The Labute approximate surface area is 200 Å². The summed E-state index contributed by atoms with van der Waals surface area (Å²) in [5.74, 6) is 2.38. The van der Waals surface area contributed by atoms with Crippen molar-refractivity contribution in [3.8, 4) is 5.69 Å². The molecular weight excluding hydrogens is 428 g/mol. The maximum absolute atomic E-state index is 12.6. The van der Waals surface area contributed by atoms with Crippen LogP contribution in [0.2, 0.25) is 0 Å². The van der Waals surface area contributed by atoms with Gasteiger partial charge in [0, 0.05) is 51.7 Å². The Balaban J connectivity index is 1.49. The predicted octanol–water partition coefficient (Wildman–Crippen LogP) is 3.94. The molecule has 4 heterocycles. The molecule has 8 nitrogen and oxygen atoms in total. The molecule has 0 spiro atoms.